The van der Waals surface area contributed by atoms with E-state index in [2.05, 4.69) is 6.07 Å². The Morgan fingerprint density at radius 1 is 0.607 bits per heavy atom. The van der Waals surface area contributed by atoms with Gasteiger partial charge in [0, 0.05) is 26.4 Å². The van der Waals surface area contributed by atoms with Gasteiger partial charge >= 0.3 is 0 Å². The summed E-state index contributed by atoms with van der Waals surface area (Å²) in [5.74, 6) is 0. The SMILES string of the molecule is O=P(c1ccccc1)(c1ccccc1)n1c2ccccc2c2cc(Cl)ccc21. The van der Waals surface area contributed by atoms with Crippen LogP contribution < -0.4 is 10.6 Å². The molecule has 0 saturated heterocycles. The third kappa shape index (κ3) is 2.53. The molecule has 0 aliphatic carbocycles. The lowest BCUT2D eigenvalue weighted by Gasteiger charge is -2.23. The van der Waals surface area contributed by atoms with Crippen LogP contribution in [0.2, 0.25) is 5.02 Å². The fourth-order valence-electron chi connectivity index (χ4n) is 3.87. The monoisotopic (exact) mass is 401 g/mol. The van der Waals surface area contributed by atoms with E-state index in [1.165, 1.54) is 0 Å². The molecule has 0 unspecified atom stereocenters. The second kappa shape index (κ2) is 6.67. The zero-order chi connectivity index (χ0) is 19.1. The number of hydrogen-bond acceptors (Lipinski definition) is 1. The molecule has 0 spiro atoms. The van der Waals surface area contributed by atoms with Crippen molar-refractivity contribution in [2.75, 3.05) is 0 Å². The molecule has 4 heteroatoms. The van der Waals surface area contributed by atoms with Crippen molar-refractivity contribution in [3.05, 3.63) is 108 Å². The van der Waals surface area contributed by atoms with Gasteiger partial charge < -0.3 is 0 Å². The third-order valence-electron chi connectivity index (χ3n) is 5.10. The highest BCUT2D eigenvalue weighted by atomic mass is 35.5. The van der Waals surface area contributed by atoms with Crippen LogP contribution in [-0.2, 0) is 4.57 Å². The quantitative estimate of drug-likeness (QED) is 0.329. The lowest BCUT2D eigenvalue weighted by atomic mass is 10.2. The van der Waals surface area contributed by atoms with Gasteiger partial charge in [0.15, 0.2) is 0 Å². The summed E-state index contributed by atoms with van der Waals surface area (Å²) in [6.07, 6.45) is 0. The number of para-hydroxylation sites is 1. The standard InChI is InChI=1S/C24H17ClNOP/c25-18-15-16-24-22(17-18)21-13-7-8-14-23(21)26(24)28(27,19-9-3-1-4-10-19)20-11-5-2-6-12-20/h1-17H. The Hall–Kier alpha value is -2.80. The summed E-state index contributed by atoms with van der Waals surface area (Å²) in [5, 5.41) is 4.34. The van der Waals surface area contributed by atoms with Gasteiger partial charge in [0.1, 0.15) is 0 Å². The molecule has 4 aromatic carbocycles. The predicted octanol–water partition coefficient (Wildman–Crippen LogP) is 6.23. The molecule has 0 saturated carbocycles. The lowest BCUT2D eigenvalue weighted by Crippen LogP contribution is -2.21. The molecular formula is C24H17ClNOP. The zero-order valence-electron chi connectivity index (χ0n) is 15.0. The second-order valence-corrected chi connectivity index (χ2v) is 9.76. The molecule has 5 rings (SSSR count). The second-order valence-electron chi connectivity index (χ2n) is 6.74. The Kier molecular flexibility index (Phi) is 4.12. The molecule has 5 aromatic rings. The van der Waals surface area contributed by atoms with E-state index < -0.39 is 7.29 Å². The average molecular weight is 402 g/mol. The van der Waals surface area contributed by atoms with Crippen LogP contribution in [0.25, 0.3) is 21.8 Å². The average Bonchev–Trinajstić information content (AvgIpc) is 3.08. The van der Waals surface area contributed by atoms with Crippen molar-refractivity contribution in [2.24, 2.45) is 0 Å². The number of benzene rings is 4. The van der Waals surface area contributed by atoms with Gasteiger partial charge in [-0.25, -0.2) is 0 Å². The van der Waals surface area contributed by atoms with E-state index in [4.69, 9.17) is 11.6 Å². The number of rotatable bonds is 3. The van der Waals surface area contributed by atoms with E-state index in [0.717, 1.165) is 32.4 Å². The Balaban J connectivity index is 1.99. The number of nitrogens with zero attached hydrogens (tertiary/aromatic N) is 1. The molecule has 0 aliphatic rings. The fraction of sp³-hybridized carbons (Fsp3) is 0. The molecule has 2 nitrogen and oxygen atoms in total. The normalized spacial score (nSPS) is 11.9. The number of halogens is 1. The van der Waals surface area contributed by atoms with Gasteiger partial charge in [-0.2, -0.15) is 0 Å². The first-order chi connectivity index (χ1) is 13.7. The van der Waals surface area contributed by atoms with Crippen LogP contribution in [0.4, 0.5) is 0 Å². The molecule has 0 fully saturated rings. The first-order valence-electron chi connectivity index (χ1n) is 9.10. The van der Waals surface area contributed by atoms with Crippen LogP contribution in [0.3, 0.4) is 0 Å². The van der Waals surface area contributed by atoms with Crippen molar-refractivity contribution in [2.45, 2.75) is 0 Å². The van der Waals surface area contributed by atoms with Gasteiger partial charge in [0.25, 0.3) is 0 Å². The Labute approximate surface area is 168 Å². The van der Waals surface area contributed by atoms with Gasteiger partial charge in [0.2, 0.25) is 7.29 Å². The maximum absolute atomic E-state index is 14.9. The van der Waals surface area contributed by atoms with Crippen molar-refractivity contribution in [3.63, 3.8) is 0 Å². The largest absolute Gasteiger partial charge is 0.290 e. The van der Waals surface area contributed by atoms with Crippen LogP contribution in [0, 0.1) is 0 Å². The highest BCUT2D eigenvalue weighted by molar-refractivity contribution is 7.77. The highest BCUT2D eigenvalue weighted by Crippen LogP contribution is 2.51. The Morgan fingerprint density at radius 2 is 1.14 bits per heavy atom. The molecule has 1 aromatic heterocycles. The van der Waals surface area contributed by atoms with Gasteiger partial charge in [0.05, 0.1) is 11.0 Å². The number of aromatic nitrogens is 1. The summed E-state index contributed by atoms with van der Waals surface area (Å²) in [6, 6.07) is 33.3. The molecule has 0 aliphatic heterocycles. The third-order valence-corrected chi connectivity index (χ3v) is 8.33. The van der Waals surface area contributed by atoms with Crippen molar-refractivity contribution in [3.8, 4) is 0 Å². The number of hydrogen-bond donors (Lipinski definition) is 0. The summed E-state index contributed by atoms with van der Waals surface area (Å²) in [4.78, 5) is 0. The molecule has 0 radical (unpaired) electrons. The topological polar surface area (TPSA) is 22.0 Å². The molecule has 136 valence electrons. The van der Waals surface area contributed by atoms with Gasteiger partial charge in [-0.1, -0.05) is 66.2 Å². The Morgan fingerprint density at radius 3 is 1.79 bits per heavy atom. The van der Waals surface area contributed by atoms with Crippen molar-refractivity contribution in [1.29, 1.82) is 0 Å². The molecule has 1 heterocycles. The Bertz CT molecular complexity index is 1300. The van der Waals surface area contributed by atoms with Gasteiger partial charge in [-0.05, 0) is 48.5 Å². The van der Waals surface area contributed by atoms with E-state index >= 15 is 0 Å². The highest BCUT2D eigenvalue weighted by Gasteiger charge is 2.32. The van der Waals surface area contributed by atoms with E-state index in [-0.39, 0.29) is 0 Å². The molecule has 0 bridgehead atoms. The van der Waals surface area contributed by atoms with Crippen molar-refractivity contribution in [1.82, 2.24) is 4.34 Å². The molecule has 0 atom stereocenters. The van der Waals surface area contributed by atoms with Crippen LogP contribution in [0.5, 0.6) is 0 Å². The molecule has 0 amide bonds. The van der Waals surface area contributed by atoms with Crippen LogP contribution in [0.1, 0.15) is 0 Å². The van der Waals surface area contributed by atoms with Crippen LogP contribution in [-0.4, -0.2) is 4.34 Å². The zero-order valence-corrected chi connectivity index (χ0v) is 16.6. The molecular weight excluding hydrogens is 385 g/mol. The maximum atomic E-state index is 14.9. The van der Waals surface area contributed by atoms with E-state index in [1.54, 1.807) is 0 Å². The maximum Gasteiger partial charge on any atom is 0.234 e. The van der Waals surface area contributed by atoms with E-state index in [1.807, 2.05) is 101 Å². The minimum absolute atomic E-state index is 0.671. The van der Waals surface area contributed by atoms with E-state index in [0.29, 0.717) is 5.02 Å². The first kappa shape index (κ1) is 17.3. The first-order valence-corrected chi connectivity index (χ1v) is 11.1. The van der Waals surface area contributed by atoms with Crippen molar-refractivity contribution >= 4 is 51.3 Å². The van der Waals surface area contributed by atoms with Crippen LogP contribution >= 0.6 is 18.9 Å². The van der Waals surface area contributed by atoms with E-state index in [9.17, 15) is 4.57 Å². The summed E-state index contributed by atoms with van der Waals surface area (Å²) in [6.45, 7) is 0. The van der Waals surface area contributed by atoms with Crippen LogP contribution in [0.15, 0.2) is 103 Å². The van der Waals surface area contributed by atoms with Gasteiger partial charge in [-0.3, -0.25) is 8.90 Å². The molecule has 0 N–H and O–H groups in total. The summed E-state index contributed by atoms with van der Waals surface area (Å²) in [5.41, 5.74) is 1.86. The summed E-state index contributed by atoms with van der Waals surface area (Å²) >= 11 is 6.30. The predicted molar refractivity (Wildman–Crippen MR) is 120 cm³/mol. The molecule has 28 heavy (non-hydrogen) atoms. The minimum Gasteiger partial charge on any atom is -0.290 e. The van der Waals surface area contributed by atoms with Gasteiger partial charge in [-0.15, -0.1) is 0 Å². The summed E-state index contributed by atoms with van der Waals surface area (Å²) in [7, 11) is -3.16. The summed E-state index contributed by atoms with van der Waals surface area (Å²) < 4.78 is 16.9. The minimum atomic E-state index is -3.16. The fourth-order valence-corrected chi connectivity index (χ4v) is 6.91. The smallest absolute Gasteiger partial charge is 0.234 e. The lowest BCUT2D eigenvalue weighted by molar-refractivity contribution is 0.583. The number of fused-ring (bicyclic) bond motifs is 3. The van der Waals surface area contributed by atoms with Crippen molar-refractivity contribution < 1.29 is 4.57 Å².